The average molecular weight is 339 g/mol. The van der Waals surface area contributed by atoms with Gasteiger partial charge in [-0.2, -0.15) is 0 Å². The number of aliphatic hydroxyl groups is 1. The van der Waals surface area contributed by atoms with Crippen LogP contribution < -0.4 is 0 Å². The molecule has 0 aliphatic heterocycles. The summed E-state index contributed by atoms with van der Waals surface area (Å²) in [5.41, 5.74) is 0.281. The normalized spacial score (nSPS) is 38.7. The first-order valence-electron chi connectivity index (χ1n) is 8.96. The Morgan fingerprint density at radius 2 is 1.14 bits per heavy atom. The molecule has 0 radical (unpaired) electrons. The van der Waals surface area contributed by atoms with Crippen molar-refractivity contribution in [1.82, 2.24) is 0 Å². The summed E-state index contributed by atoms with van der Waals surface area (Å²) in [5, 5.41) is 12.7. The lowest BCUT2D eigenvalue weighted by molar-refractivity contribution is -0.0189. The van der Waals surface area contributed by atoms with E-state index in [1.54, 1.807) is 0 Å². The number of rotatable bonds is 3. The monoisotopic (exact) mass is 338 g/mol. The Balaban J connectivity index is 2.06. The molecule has 21 heavy (non-hydrogen) atoms. The largest absolute Gasteiger partial charge is 0.518 e. The molecule has 0 aromatic carbocycles. The van der Waals surface area contributed by atoms with E-state index < -0.39 is 22.6 Å². The maximum absolute atomic E-state index is 11.6. The summed E-state index contributed by atoms with van der Waals surface area (Å²) in [6.07, 6.45) is 8.47. The van der Waals surface area contributed by atoms with Crippen molar-refractivity contribution in [3.63, 3.8) is 0 Å². The van der Waals surface area contributed by atoms with E-state index in [4.69, 9.17) is 0 Å². The summed E-state index contributed by atoms with van der Waals surface area (Å²) in [4.78, 5) is 0. The van der Waals surface area contributed by atoms with Crippen molar-refractivity contribution < 1.29 is 5.11 Å². The van der Waals surface area contributed by atoms with Crippen LogP contribution in [0.25, 0.3) is 0 Å². The van der Waals surface area contributed by atoms with Crippen molar-refractivity contribution in [2.75, 3.05) is 0 Å². The van der Waals surface area contributed by atoms with E-state index in [1.807, 2.05) is 0 Å². The van der Waals surface area contributed by atoms with Gasteiger partial charge in [-0.1, -0.05) is 39.3 Å². The van der Waals surface area contributed by atoms with Crippen LogP contribution in [-0.4, -0.2) is 33.1 Å². The molecule has 4 heteroatoms. The van der Waals surface area contributed by atoms with E-state index in [2.05, 4.69) is 39.3 Å². The topological polar surface area (TPSA) is 20.2 Å². The summed E-state index contributed by atoms with van der Waals surface area (Å²) < 4.78 is 0. The van der Waals surface area contributed by atoms with Gasteiger partial charge in [0.2, 0.25) is 0 Å². The second-order valence-corrected chi connectivity index (χ2v) is 34.1. The second kappa shape index (κ2) is 4.91. The summed E-state index contributed by atoms with van der Waals surface area (Å²) >= 11 is 0. The Morgan fingerprint density at radius 3 is 1.43 bits per heavy atom. The van der Waals surface area contributed by atoms with Gasteiger partial charge in [0, 0.05) is 12.9 Å². The van der Waals surface area contributed by atoms with Crippen molar-refractivity contribution in [2.45, 2.75) is 77.8 Å². The van der Waals surface area contributed by atoms with Crippen LogP contribution in [0.4, 0.5) is 0 Å². The molecule has 4 rings (SSSR count). The fourth-order valence-corrected chi connectivity index (χ4v) is 43.9. The maximum atomic E-state index is 11.6. The fraction of sp³-hybridized carbons (Fsp3) is 0.941. The van der Waals surface area contributed by atoms with E-state index in [1.165, 1.54) is 38.5 Å². The van der Waals surface area contributed by atoms with Gasteiger partial charge in [-0.3, -0.25) is 0 Å². The van der Waals surface area contributed by atoms with Crippen LogP contribution >= 0.6 is 0 Å². The van der Waals surface area contributed by atoms with Gasteiger partial charge in [0.25, 0.3) is 0 Å². The minimum atomic E-state index is -1.26. The Kier molecular flexibility index (Phi) is 3.78. The SMILES string of the molecule is C[Si](C)(C)[Si](=C(O)C12CC3CC(CC(C3)C1)C2)[Si](C)(C)C. The summed E-state index contributed by atoms with van der Waals surface area (Å²) in [5.74, 6) is 2.85. The maximum Gasteiger partial charge on any atom is 0.0639 e. The zero-order chi connectivity index (χ0) is 15.6. The number of aliphatic hydroxyl groups excluding tert-OH is 1. The van der Waals surface area contributed by atoms with E-state index in [0.29, 0.717) is 0 Å². The van der Waals surface area contributed by atoms with Crippen LogP contribution in [0.15, 0.2) is 0 Å². The van der Waals surface area contributed by atoms with Crippen LogP contribution in [0.5, 0.6) is 0 Å². The molecule has 0 aromatic rings. The summed E-state index contributed by atoms with van der Waals surface area (Å²) in [6.45, 7) is 15.1. The highest BCUT2D eigenvalue weighted by Gasteiger charge is 2.54. The molecule has 0 aromatic heterocycles. The van der Waals surface area contributed by atoms with Crippen molar-refractivity contribution in [3.05, 3.63) is 0 Å². The molecule has 1 N–H and O–H groups in total. The lowest BCUT2D eigenvalue weighted by Gasteiger charge is -2.57. The van der Waals surface area contributed by atoms with Crippen molar-refractivity contribution >= 4 is 28.0 Å². The van der Waals surface area contributed by atoms with Gasteiger partial charge >= 0.3 is 0 Å². The highest BCUT2D eigenvalue weighted by molar-refractivity contribution is 7.60. The highest BCUT2D eigenvalue weighted by Crippen LogP contribution is 2.60. The molecule has 0 heterocycles. The molecular weight excluding hydrogens is 304 g/mol. The molecule has 0 saturated heterocycles. The van der Waals surface area contributed by atoms with Crippen molar-refractivity contribution in [1.29, 1.82) is 0 Å². The molecule has 4 aliphatic carbocycles. The minimum Gasteiger partial charge on any atom is -0.518 e. The molecule has 4 fully saturated rings. The smallest absolute Gasteiger partial charge is 0.0639 e. The lowest BCUT2D eigenvalue weighted by Crippen LogP contribution is -2.61. The Labute approximate surface area is 134 Å². The Morgan fingerprint density at radius 1 is 0.810 bits per heavy atom. The van der Waals surface area contributed by atoms with Gasteiger partial charge in [-0.15, -0.1) is 0 Å². The third kappa shape index (κ3) is 2.80. The Hall–Kier alpha value is 0.321. The van der Waals surface area contributed by atoms with Gasteiger partial charge in [0.05, 0.1) is 20.5 Å². The van der Waals surface area contributed by atoms with Gasteiger partial charge in [-0.25, -0.2) is 0 Å². The molecule has 0 atom stereocenters. The van der Waals surface area contributed by atoms with Crippen LogP contribution in [0, 0.1) is 23.2 Å². The van der Waals surface area contributed by atoms with E-state index in [9.17, 15) is 5.11 Å². The number of hydrogen-bond acceptors (Lipinski definition) is 1. The molecule has 1 nitrogen and oxygen atoms in total. The molecule has 0 spiro atoms. The quantitative estimate of drug-likeness (QED) is 0.745. The predicted octanol–water partition coefficient (Wildman–Crippen LogP) is 4.61. The van der Waals surface area contributed by atoms with Crippen molar-refractivity contribution in [3.8, 4) is 0 Å². The molecule has 4 aliphatic rings. The molecule has 0 amide bonds. The van der Waals surface area contributed by atoms with Gasteiger partial charge < -0.3 is 5.11 Å². The molecule has 0 unspecified atom stereocenters. The van der Waals surface area contributed by atoms with Gasteiger partial charge in [0.1, 0.15) is 0 Å². The van der Waals surface area contributed by atoms with Gasteiger partial charge in [0.15, 0.2) is 0 Å². The fourth-order valence-electron chi connectivity index (χ4n) is 6.50. The summed E-state index contributed by atoms with van der Waals surface area (Å²) in [7, 11) is -3.19. The average Bonchev–Trinajstić information content (AvgIpc) is 2.22. The molecule has 4 saturated carbocycles. The Bertz CT molecular complexity index is 416. The van der Waals surface area contributed by atoms with E-state index >= 15 is 0 Å². The first kappa shape index (κ1) is 16.2. The molecular formula is C17H34OSi3. The van der Waals surface area contributed by atoms with E-state index in [0.717, 1.165) is 23.1 Å². The predicted molar refractivity (Wildman–Crippen MR) is 100.0 cm³/mol. The minimum absolute atomic E-state index is 0.281. The van der Waals surface area contributed by atoms with Crippen LogP contribution in [-0.2, 0) is 0 Å². The number of hydrogen-bond donors (Lipinski definition) is 1. The van der Waals surface area contributed by atoms with Gasteiger partial charge in [-0.05, 0) is 56.3 Å². The molecule has 120 valence electrons. The van der Waals surface area contributed by atoms with Crippen LogP contribution in [0.1, 0.15) is 38.5 Å². The lowest BCUT2D eigenvalue weighted by atomic mass is 9.50. The van der Waals surface area contributed by atoms with Crippen LogP contribution in [0.2, 0.25) is 39.3 Å². The first-order valence-corrected chi connectivity index (χ1v) is 19.5. The first-order chi connectivity index (χ1) is 9.51. The summed E-state index contributed by atoms with van der Waals surface area (Å²) in [6, 6.07) is 0. The van der Waals surface area contributed by atoms with E-state index in [-0.39, 0.29) is 5.41 Å². The third-order valence-corrected chi connectivity index (χ3v) is 34.2. The van der Waals surface area contributed by atoms with Crippen LogP contribution in [0.3, 0.4) is 0 Å². The standard InChI is InChI=1S/C17H34OSi3/c1-20(2,3)19(21(4,5)6)16(18)17-10-13-7-14(11-17)9-15(8-13)12-17/h13-15,18H,7-12H2,1-6H3. The zero-order valence-corrected chi connectivity index (χ0v) is 17.9. The highest BCUT2D eigenvalue weighted by atomic mass is 29.6. The van der Waals surface area contributed by atoms with Crippen molar-refractivity contribution in [2.24, 2.45) is 23.2 Å². The zero-order valence-electron chi connectivity index (χ0n) is 14.9. The molecule has 4 bridgehead atoms. The second-order valence-electron chi connectivity index (χ2n) is 10.4. The third-order valence-electron chi connectivity index (χ3n) is 6.28.